The molecule has 0 saturated carbocycles. The maximum absolute atomic E-state index is 12.1. The van der Waals surface area contributed by atoms with Crippen LogP contribution < -0.4 is 4.72 Å². The molecule has 0 saturated heterocycles. The van der Waals surface area contributed by atoms with E-state index in [0.717, 1.165) is 11.3 Å². The molecule has 0 spiro atoms. The first-order valence-electron chi connectivity index (χ1n) is 6.57. The minimum atomic E-state index is -1.15. The molecule has 0 aliphatic rings. The van der Waals surface area contributed by atoms with Crippen LogP contribution in [0.25, 0.3) is 11.3 Å². The number of aromatic nitrogens is 1. The van der Waals surface area contributed by atoms with Crippen LogP contribution >= 0.6 is 0 Å². The van der Waals surface area contributed by atoms with Gasteiger partial charge in [0.25, 0.3) is 0 Å². The highest BCUT2D eigenvalue weighted by molar-refractivity contribution is 7.90. The van der Waals surface area contributed by atoms with Crippen LogP contribution in [0.1, 0.15) is 39.6 Å². The summed E-state index contributed by atoms with van der Waals surface area (Å²) in [4.78, 5) is 4.45. The van der Waals surface area contributed by atoms with Crippen LogP contribution in [0.3, 0.4) is 0 Å². The number of hydrogen-bond acceptors (Lipinski definition) is 4. The van der Waals surface area contributed by atoms with Crippen molar-refractivity contribution in [2.75, 3.05) is 0 Å². The molecule has 1 aromatic carbocycles. The normalized spacial score (nSPS) is 15.1. The first-order chi connectivity index (χ1) is 9.38. The number of hydrogen-bond donors (Lipinski definition) is 1. The summed E-state index contributed by atoms with van der Waals surface area (Å²) in [6.45, 7) is 7.67. The molecule has 2 atom stereocenters. The van der Waals surface area contributed by atoms with Crippen molar-refractivity contribution in [3.8, 4) is 11.3 Å². The van der Waals surface area contributed by atoms with E-state index in [1.54, 1.807) is 6.26 Å². The molecule has 4 nitrogen and oxygen atoms in total. The van der Waals surface area contributed by atoms with E-state index >= 15 is 0 Å². The summed E-state index contributed by atoms with van der Waals surface area (Å²) in [5, 5.41) is 0. The molecule has 1 aromatic heterocycles. The fourth-order valence-electron chi connectivity index (χ4n) is 1.62. The Labute approximate surface area is 122 Å². The van der Waals surface area contributed by atoms with Gasteiger partial charge in [-0.2, -0.15) is 0 Å². The van der Waals surface area contributed by atoms with Gasteiger partial charge in [0.15, 0.2) is 0 Å². The third-order valence-corrected chi connectivity index (χ3v) is 4.48. The zero-order chi connectivity index (χ0) is 14.8. The van der Waals surface area contributed by atoms with Crippen molar-refractivity contribution >= 4 is 11.4 Å². The molecular formula is C15H20N2O2S. The Kier molecular flexibility index (Phi) is 4.52. The molecule has 0 radical (unpaired) electrons. The molecule has 1 heterocycles. The van der Waals surface area contributed by atoms with Gasteiger partial charge in [0, 0.05) is 16.9 Å². The Morgan fingerprint density at radius 1 is 1.25 bits per heavy atom. The second kappa shape index (κ2) is 5.99. The van der Waals surface area contributed by atoms with Gasteiger partial charge < -0.3 is 8.97 Å². The average Bonchev–Trinajstić information content (AvgIpc) is 2.88. The van der Waals surface area contributed by atoms with Gasteiger partial charge in [-0.15, -0.1) is 4.72 Å². The molecule has 0 bridgehead atoms. The van der Waals surface area contributed by atoms with Crippen LogP contribution in [0.15, 0.2) is 41.0 Å². The maximum Gasteiger partial charge on any atom is 0.215 e. The third-order valence-electron chi connectivity index (χ3n) is 2.80. The Balaban J connectivity index is 2.09. The van der Waals surface area contributed by atoms with Gasteiger partial charge in [0.1, 0.15) is 22.7 Å². The van der Waals surface area contributed by atoms with Gasteiger partial charge in [-0.3, -0.25) is 0 Å². The standard InChI is InChI=1S/C15H20N2O2S/c1-11(17-20(18)15(2,3)4)14-16-13(10-19-14)12-8-6-5-7-9-12/h5-11,17H,1-4H3/t11-,20+/m1/s1. The number of nitrogens with zero attached hydrogens (tertiary/aromatic N) is 1. The number of oxazole rings is 1. The summed E-state index contributed by atoms with van der Waals surface area (Å²) in [6.07, 6.45) is 1.63. The quantitative estimate of drug-likeness (QED) is 0.877. The maximum atomic E-state index is 12.1. The smallest absolute Gasteiger partial charge is 0.215 e. The molecule has 2 rings (SSSR count). The second-order valence-electron chi connectivity index (χ2n) is 5.66. The van der Waals surface area contributed by atoms with E-state index in [4.69, 9.17) is 4.42 Å². The predicted molar refractivity (Wildman–Crippen MR) is 81.4 cm³/mol. The lowest BCUT2D eigenvalue weighted by atomic mass is 10.2. The van der Waals surface area contributed by atoms with Crippen molar-refractivity contribution < 1.29 is 8.97 Å². The van der Waals surface area contributed by atoms with Crippen molar-refractivity contribution in [1.82, 2.24) is 9.71 Å². The number of rotatable bonds is 4. The Bertz CT molecular complexity index is 549. The van der Waals surface area contributed by atoms with E-state index in [-0.39, 0.29) is 10.8 Å². The highest BCUT2D eigenvalue weighted by atomic mass is 32.2. The summed E-state index contributed by atoms with van der Waals surface area (Å²) in [6, 6.07) is 9.63. The number of benzene rings is 1. The van der Waals surface area contributed by atoms with E-state index in [1.165, 1.54) is 0 Å². The molecule has 0 aliphatic heterocycles. The first kappa shape index (κ1) is 15.1. The van der Waals surface area contributed by atoms with Gasteiger partial charge in [0.2, 0.25) is 5.89 Å². The number of nitrogens with one attached hydrogen (secondary N) is 1. The van der Waals surface area contributed by atoms with Gasteiger partial charge >= 0.3 is 0 Å². The zero-order valence-corrected chi connectivity index (χ0v) is 13.0. The zero-order valence-electron chi connectivity index (χ0n) is 12.2. The summed E-state index contributed by atoms with van der Waals surface area (Å²) in [5.41, 5.74) is 1.79. The highest BCUT2D eigenvalue weighted by Crippen LogP contribution is 2.23. The topological polar surface area (TPSA) is 61.1 Å². The average molecular weight is 292 g/mol. The Morgan fingerprint density at radius 2 is 1.90 bits per heavy atom. The lowest BCUT2D eigenvalue weighted by Gasteiger charge is -2.25. The van der Waals surface area contributed by atoms with Crippen LogP contribution in [0, 0.1) is 0 Å². The first-order valence-corrected chi connectivity index (χ1v) is 7.72. The second-order valence-corrected chi connectivity index (χ2v) is 7.66. The van der Waals surface area contributed by atoms with E-state index < -0.39 is 11.4 Å². The summed E-state index contributed by atoms with van der Waals surface area (Å²) in [7, 11) is 0. The Morgan fingerprint density at radius 3 is 2.50 bits per heavy atom. The van der Waals surface area contributed by atoms with Crippen LogP contribution in [-0.4, -0.2) is 14.3 Å². The van der Waals surface area contributed by atoms with Crippen LogP contribution in [0.4, 0.5) is 0 Å². The molecule has 0 aliphatic carbocycles. The van der Waals surface area contributed by atoms with Crippen molar-refractivity contribution in [3.63, 3.8) is 0 Å². The van der Waals surface area contributed by atoms with Crippen molar-refractivity contribution in [1.29, 1.82) is 0 Å². The van der Waals surface area contributed by atoms with Crippen LogP contribution in [-0.2, 0) is 11.4 Å². The molecular weight excluding hydrogens is 272 g/mol. The fourth-order valence-corrected chi connectivity index (χ4v) is 2.39. The molecule has 108 valence electrons. The van der Waals surface area contributed by atoms with Crippen LogP contribution in [0.2, 0.25) is 0 Å². The monoisotopic (exact) mass is 292 g/mol. The van der Waals surface area contributed by atoms with Crippen molar-refractivity contribution in [3.05, 3.63) is 42.5 Å². The van der Waals surface area contributed by atoms with E-state index in [1.807, 2.05) is 58.0 Å². The molecule has 20 heavy (non-hydrogen) atoms. The van der Waals surface area contributed by atoms with E-state index in [9.17, 15) is 4.55 Å². The molecule has 0 unspecified atom stereocenters. The Hall–Kier alpha value is -1.30. The molecule has 5 heteroatoms. The van der Waals surface area contributed by atoms with Gasteiger partial charge in [-0.1, -0.05) is 30.3 Å². The summed E-state index contributed by atoms with van der Waals surface area (Å²) in [5.74, 6) is 0.543. The summed E-state index contributed by atoms with van der Waals surface area (Å²) < 4.78 is 20.2. The molecule has 2 aromatic rings. The summed E-state index contributed by atoms with van der Waals surface area (Å²) >= 11 is -1.15. The SMILES string of the molecule is C[C@@H](N[S@@+]([O-])C(C)(C)C)c1nc(-c2ccccc2)co1. The minimum Gasteiger partial charge on any atom is -0.598 e. The lowest BCUT2D eigenvalue weighted by molar-refractivity contribution is 0.439. The van der Waals surface area contributed by atoms with Gasteiger partial charge in [-0.05, 0) is 27.7 Å². The fraction of sp³-hybridized carbons (Fsp3) is 0.400. The van der Waals surface area contributed by atoms with E-state index in [0.29, 0.717) is 5.89 Å². The van der Waals surface area contributed by atoms with Gasteiger partial charge in [-0.25, -0.2) is 4.98 Å². The molecule has 0 amide bonds. The minimum absolute atomic E-state index is 0.201. The van der Waals surface area contributed by atoms with Crippen molar-refractivity contribution in [2.24, 2.45) is 0 Å². The van der Waals surface area contributed by atoms with Crippen LogP contribution in [0.5, 0.6) is 0 Å². The lowest BCUT2D eigenvalue weighted by Crippen LogP contribution is -2.40. The third kappa shape index (κ3) is 3.62. The molecule has 0 fully saturated rings. The molecule has 1 N–H and O–H groups in total. The van der Waals surface area contributed by atoms with Gasteiger partial charge in [0.05, 0.1) is 0 Å². The van der Waals surface area contributed by atoms with Crippen molar-refractivity contribution in [2.45, 2.75) is 38.5 Å². The largest absolute Gasteiger partial charge is 0.598 e. The highest BCUT2D eigenvalue weighted by Gasteiger charge is 2.29. The van der Waals surface area contributed by atoms with E-state index in [2.05, 4.69) is 9.71 Å². The predicted octanol–water partition coefficient (Wildman–Crippen LogP) is 3.45.